The SMILES string of the molecule is CCc1csc(NCCC(C)(C)CCC(=O)O)n1. The number of aryl methyl sites for hydroxylation is 1. The first kappa shape index (κ1) is 15.0. The van der Waals surface area contributed by atoms with Crippen LogP contribution in [0.4, 0.5) is 5.13 Å². The molecule has 0 aliphatic rings. The molecule has 1 aromatic rings. The van der Waals surface area contributed by atoms with Crippen LogP contribution in [0.5, 0.6) is 0 Å². The van der Waals surface area contributed by atoms with E-state index in [9.17, 15) is 4.79 Å². The average molecular weight is 270 g/mol. The highest BCUT2D eigenvalue weighted by atomic mass is 32.1. The molecule has 0 atom stereocenters. The van der Waals surface area contributed by atoms with Gasteiger partial charge < -0.3 is 10.4 Å². The number of aliphatic carboxylic acids is 1. The van der Waals surface area contributed by atoms with E-state index in [2.05, 4.69) is 36.5 Å². The molecule has 0 aliphatic carbocycles. The van der Waals surface area contributed by atoms with Crippen molar-refractivity contribution >= 4 is 22.4 Å². The van der Waals surface area contributed by atoms with Gasteiger partial charge in [-0.05, 0) is 24.7 Å². The number of hydrogen-bond donors (Lipinski definition) is 2. The van der Waals surface area contributed by atoms with Gasteiger partial charge in [0.05, 0.1) is 5.69 Å². The number of anilines is 1. The van der Waals surface area contributed by atoms with E-state index < -0.39 is 5.97 Å². The second-order valence-electron chi connectivity index (χ2n) is 5.23. The number of nitrogens with zero attached hydrogens (tertiary/aromatic N) is 1. The van der Waals surface area contributed by atoms with Gasteiger partial charge in [0.25, 0.3) is 0 Å². The predicted octanol–water partition coefficient (Wildman–Crippen LogP) is 3.40. The third kappa shape index (κ3) is 5.49. The Morgan fingerprint density at radius 1 is 1.50 bits per heavy atom. The van der Waals surface area contributed by atoms with Gasteiger partial charge in [-0.3, -0.25) is 4.79 Å². The lowest BCUT2D eigenvalue weighted by atomic mass is 9.84. The monoisotopic (exact) mass is 270 g/mol. The molecule has 0 radical (unpaired) electrons. The van der Waals surface area contributed by atoms with E-state index in [1.807, 2.05) is 0 Å². The fourth-order valence-corrected chi connectivity index (χ4v) is 2.45. The van der Waals surface area contributed by atoms with Crippen molar-refractivity contribution in [2.75, 3.05) is 11.9 Å². The third-order valence-corrected chi connectivity index (χ3v) is 3.86. The van der Waals surface area contributed by atoms with Crippen LogP contribution >= 0.6 is 11.3 Å². The number of nitrogens with one attached hydrogen (secondary N) is 1. The first-order valence-corrected chi connectivity index (χ1v) is 7.21. The summed E-state index contributed by atoms with van der Waals surface area (Å²) in [5.41, 5.74) is 1.17. The smallest absolute Gasteiger partial charge is 0.303 e. The fraction of sp³-hybridized carbons (Fsp3) is 0.692. The summed E-state index contributed by atoms with van der Waals surface area (Å²) < 4.78 is 0. The van der Waals surface area contributed by atoms with Crippen LogP contribution in [0, 0.1) is 5.41 Å². The molecule has 0 saturated heterocycles. The van der Waals surface area contributed by atoms with E-state index in [1.165, 1.54) is 0 Å². The third-order valence-electron chi connectivity index (χ3n) is 3.01. The largest absolute Gasteiger partial charge is 0.481 e. The van der Waals surface area contributed by atoms with Crippen molar-refractivity contribution in [2.45, 2.75) is 46.5 Å². The number of rotatable bonds is 8. The summed E-state index contributed by atoms with van der Waals surface area (Å²) in [6.45, 7) is 7.14. The summed E-state index contributed by atoms with van der Waals surface area (Å²) in [5, 5.41) is 15.0. The molecule has 0 aromatic carbocycles. The molecule has 102 valence electrons. The quantitative estimate of drug-likeness (QED) is 0.760. The van der Waals surface area contributed by atoms with Crippen LogP contribution in [0.15, 0.2) is 5.38 Å². The molecule has 5 heteroatoms. The minimum absolute atomic E-state index is 0.0518. The number of carboxylic acids is 1. The van der Waals surface area contributed by atoms with Gasteiger partial charge in [0, 0.05) is 18.3 Å². The zero-order valence-corrected chi connectivity index (χ0v) is 12.1. The molecule has 0 saturated carbocycles. The maximum Gasteiger partial charge on any atom is 0.303 e. The van der Waals surface area contributed by atoms with Crippen LogP contribution in [-0.4, -0.2) is 22.6 Å². The summed E-state index contributed by atoms with van der Waals surface area (Å²) in [7, 11) is 0. The fourth-order valence-electron chi connectivity index (χ4n) is 1.63. The molecule has 1 heterocycles. The molecule has 18 heavy (non-hydrogen) atoms. The average Bonchev–Trinajstić information content (AvgIpc) is 2.74. The number of hydrogen-bond acceptors (Lipinski definition) is 4. The van der Waals surface area contributed by atoms with E-state index in [4.69, 9.17) is 5.11 Å². The van der Waals surface area contributed by atoms with Crippen LogP contribution < -0.4 is 5.32 Å². The second-order valence-corrected chi connectivity index (χ2v) is 6.09. The highest BCUT2D eigenvalue weighted by Crippen LogP contribution is 2.27. The van der Waals surface area contributed by atoms with E-state index in [-0.39, 0.29) is 11.8 Å². The Morgan fingerprint density at radius 3 is 2.78 bits per heavy atom. The van der Waals surface area contributed by atoms with Gasteiger partial charge in [0.1, 0.15) is 0 Å². The Labute approximate surface area is 112 Å². The summed E-state index contributed by atoms with van der Waals surface area (Å²) in [5.74, 6) is -0.719. The molecule has 4 nitrogen and oxygen atoms in total. The zero-order valence-electron chi connectivity index (χ0n) is 11.3. The van der Waals surface area contributed by atoms with E-state index in [1.54, 1.807) is 11.3 Å². The highest BCUT2D eigenvalue weighted by molar-refractivity contribution is 7.13. The first-order valence-electron chi connectivity index (χ1n) is 6.33. The minimum Gasteiger partial charge on any atom is -0.481 e. The Hall–Kier alpha value is -1.10. The molecule has 0 unspecified atom stereocenters. The number of aromatic nitrogens is 1. The molecular formula is C13H22N2O2S. The van der Waals surface area contributed by atoms with Crippen molar-refractivity contribution in [3.8, 4) is 0 Å². The van der Waals surface area contributed by atoms with Crippen molar-refractivity contribution in [1.29, 1.82) is 0 Å². The molecular weight excluding hydrogens is 248 g/mol. The van der Waals surface area contributed by atoms with Gasteiger partial charge in [-0.15, -0.1) is 11.3 Å². The van der Waals surface area contributed by atoms with Crippen molar-refractivity contribution in [3.63, 3.8) is 0 Å². The van der Waals surface area contributed by atoms with Gasteiger partial charge in [-0.2, -0.15) is 0 Å². The lowest BCUT2D eigenvalue weighted by Crippen LogP contribution is -2.18. The van der Waals surface area contributed by atoms with Gasteiger partial charge >= 0.3 is 5.97 Å². The lowest BCUT2D eigenvalue weighted by Gasteiger charge is -2.23. The lowest BCUT2D eigenvalue weighted by molar-refractivity contribution is -0.137. The minimum atomic E-state index is -0.719. The molecule has 2 N–H and O–H groups in total. The van der Waals surface area contributed by atoms with Gasteiger partial charge in [0.2, 0.25) is 0 Å². The van der Waals surface area contributed by atoms with Crippen molar-refractivity contribution in [1.82, 2.24) is 4.98 Å². The molecule has 1 aromatic heterocycles. The number of carbonyl (C=O) groups is 1. The van der Waals surface area contributed by atoms with Gasteiger partial charge in [-0.25, -0.2) is 4.98 Å². The van der Waals surface area contributed by atoms with Crippen LogP contribution in [-0.2, 0) is 11.2 Å². The summed E-state index contributed by atoms with van der Waals surface area (Å²) in [4.78, 5) is 15.0. The van der Waals surface area contributed by atoms with Crippen LogP contribution in [0.3, 0.4) is 0 Å². The maximum atomic E-state index is 10.6. The Morgan fingerprint density at radius 2 is 2.22 bits per heavy atom. The van der Waals surface area contributed by atoms with E-state index >= 15 is 0 Å². The second kappa shape index (κ2) is 6.73. The van der Waals surface area contributed by atoms with Crippen LogP contribution in [0.1, 0.15) is 45.7 Å². The predicted molar refractivity (Wildman–Crippen MR) is 75.2 cm³/mol. The molecule has 0 fully saturated rings. The summed E-state index contributed by atoms with van der Waals surface area (Å²) >= 11 is 1.63. The van der Waals surface area contributed by atoms with E-state index in [0.29, 0.717) is 6.42 Å². The van der Waals surface area contributed by atoms with Gasteiger partial charge in [-0.1, -0.05) is 20.8 Å². The molecule has 0 spiro atoms. The first-order chi connectivity index (χ1) is 8.43. The van der Waals surface area contributed by atoms with Crippen molar-refractivity contribution < 1.29 is 9.90 Å². The highest BCUT2D eigenvalue weighted by Gasteiger charge is 2.18. The molecule has 0 amide bonds. The van der Waals surface area contributed by atoms with E-state index in [0.717, 1.165) is 30.2 Å². The standard InChI is InChI=1S/C13H22N2O2S/c1-4-10-9-18-12(15-10)14-8-7-13(2,3)6-5-11(16)17/h9H,4-8H2,1-3H3,(H,14,15)(H,16,17). The Balaban J connectivity index is 2.29. The molecule has 0 bridgehead atoms. The molecule has 1 rings (SSSR count). The van der Waals surface area contributed by atoms with Crippen molar-refractivity contribution in [2.24, 2.45) is 5.41 Å². The normalized spacial score (nSPS) is 11.5. The topological polar surface area (TPSA) is 62.2 Å². The maximum absolute atomic E-state index is 10.6. The van der Waals surface area contributed by atoms with Crippen LogP contribution in [0.2, 0.25) is 0 Å². The van der Waals surface area contributed by atoms with Gasteiger partial charge in [0.15, 0.2) is 5.13 Å². The summed E-state index contributed by atoms with van der Waals surface area (Å²) in [6.07, 6.45) is 2.86. The van der Waals surface area contributed by atoms with Crippen LogP contribution in [0.25, 0.3) is 0 Å². The number of carboxylic acid groups (broad SMARTS) is 1. The molecule has 0 aliphatic heterocycles. The van der Waals surface area contributed by atoms with Crippen molar-refractivity contribution in [3.05, 3.63) is 11.1 Å². The zero-order chi connectivity index (χ0) is 13.6. The summed E-state index contributed by atoms with van der Waals surface area (Å²) in [6, 6.07) is 0. The Bertz CT molecular complexity index is 388. The Kier molecular flexibility index (Phi) is 5.59. The number of thiazole rings is 1.